The van der Waals surface area contributed by atoms with Crippen LogP contribution in [0.15, 0.2) is 36.5 Å². The predicted molar refractivity (Wildman–Crippen MR) is 105 cm³/mol. The topological polar surface area (TPSA) is 99.6 Å². The number of aliphatic hydroxyl groups is 1. The van der Waals surface area contributed by atoms with E-state index in [1.807, 2.05) is 25.1 Å². The van der Waals surface area contributed by atoms with Crippen molar-refractivity contribution >= 4 is 27.2 Å². The monoisotopic (exact) mass is 389 g/mol. The average Bonchev–Trinajstić information content (AvgIpc) is 3.04. The highest BCUT2D eigenvalue weighted by atomic mass is 32.2. The summed E-state index contributed by atoms with van der Waals surface area (Å²) in [5, 5.41) is 12.6. The summed E-state index contributed by atoms with van der Waals surface area (Å²) in [6.45, 7) is 2.76. The van der Waals surface area contributed by atoms with E-state index in [1.54, 1.807) is 17.0 Å². The van der Waals surface area contributed by atoms with Crippen molar-refractivity contribution in [3.8, 4) is 0 Å². The van der Waals surface area contributed by atoms with Gasteiger partial charge in [-0.15, -0.1) is 0 Å². The zero-order valence-electron chi connectivity index (χ0n) is 15.3. The molecule has 2 N–H and O–H groups in total. The number of hydrogen-bond acceptors (Lipinski definition) is 6. The molecule has 0 spiro atoms. The molecule has 1 aromatic heterocycles. The minimum atomic E-state index is -3.24. The van der Waals surface area contributed by atoms with Gasteiger partial charge in [-0.05, 0) is 42.7 Å². The molecule has 0 bridgehead atoms. The molecule has 1 unspecified atom stereocenters. The third kappa shape index (κ3) is 4.64. The van der Waals surface area contributed by atoms with E-state index in [4.69, 9.17) is 0 Å². The van der Waals surface area contributed by atoms with Crippen LogP contribution < -0.4 is 10.2 Å². The maximum Gasteiger partial charge on any atom is 0.259 e. The van der Waals surface area contributed by atoms with Gasteiger partial charge in [0.25, 0.3) is 5.91 Å². The molecule has 27 heavy (non-hydrogen) atoms. The van der Waals surface area contributed by atoms with Gasteiger partial charge in [-0.25, -0.2) is 13.4 Å². The van der Waals surface area contributed by atoms with Crippen molar-refractivity contribution in [2.24, 2.45) is 0 Å². The van der Waals surface area contributed by atoms with E-state index in [1.165, 1.54) is 17.3 Å². The fourth-order valence-electron chi connectivity index (χ4n) is 3.23. The number of anilines is 2. The van der Waals surface area contributed by atoms with Crippen LogP contribution >= 0.6 is 0 Å². The van der Waals surface area contributed by atoms with Crippen LogP contribution in [0, 0.1) is 6.92 Å². The lowest BCUT2D eigenvalue weighted by Gasteiger charge is -2.18. The molecule has 1 amide bonds. The van der Waals surface area contributed by atoms with Crippen molar-refractivity contribution in [1.82, 2.24) is 4.98 Å². The van der Waals surface area contributed by atoms with Crippen LogP contribution in [0.4, 0.5) is 11.5 Å². The van der Waals surface area contributed by atoms with Crippen LogP contribution in [0.1, 0.15) is 21.5 Å². The molecule has 144 valence electrons. The van der Waals surface area contributed by atoms with Gasteiger partial charge < -0.3 is 15.3 Å². The predicted octanol–water partition coefficient (Wildman–Crippen LogP) is 1.41. The third-order valence-electron chi connectivity index (χ3n) is 4.53. The van der Waals surface area contributed by atoms with E-state index in [9.17, 15) is 18.3 Å². The summed E-state index contributed by atoms with van der Waals surface area (Å²) in [6, 6.07) is 9.28. The normalized spacial score (nSPS) is 14.7. The van der Waals surface area contributed by atoms with Crippen molar-refractivity contribution in [1.29, 1.82) is 0 Å². The smallest absolute Gasteiger partial charge is 0.259 e. The van der Waals surface area contributed by atoms with Gasteiger partial charge in [-0.2, -0.15) is 0 Å². The molecule has 0 saturated carbocycles. The minimum Gasteiger partial charge on any atom is -0.390 e. The van der Waals surface area contributed by atoms with E-state index < -0.39 is 15.9 Å². The van der Waals surface area contributed by atoms with Gasteiger partial charge in [0.15, 0.2) is 0 Å². The molecule has 1 aromatic carbocycles. The van der Waals surface area contributed by atoms with Gasteiger partial charge in [-0.3, -0.25) is 4.79 Å². The average molecular weight is 389 g/mol. The molecule has 1 atom stereocenters. The van der Waals surface area contributed by atoms with E-state index in [0.717, 1.165) is 18.4 Å². The number of aryl methyl sites for hydroxylation is 1. The first-order valence-corrected chi connectivity index (χ1v) is 10.8. The zero-order valence-corrected chi connectivity index (χ0v) is 16.2. The van der Waals surface area contributed by atoms with E-state index in [2.05, 4.69) is 10.3 Å². The lowest BCUT2D eigenvalue weighted by atomic mass is 10.1. The number of sulfone groups is 1. The Bertz CT molecular complexity index is 942. The SMILES string of the molecule is Cc1cccc2c1CCN2C(=O)c1ccc(NCC(O)CS(C)(=O)=O)nc1. The summed E-state index contributed by atoms with van der Waals surface area (Å²) < 4.78 is 22.3. The zero-order chi connectivity index (χ0) is 19.6. The number of fused-ring (bicyclic) bond motifs is 1. The fraction of sp³-hybridized carbons (Fsp3) is 0.368. The minimum absolute atomic E-state index is 0.0616. The highest BCUT2D eigenvalue weighted by Crippen LogP contribution is 2.31. The number of pyridine rings is 1. The van der Waals surface area contributed by atoms with Gasteiger partial charge in [0.2, 0.25) is 0 Å². The summed E-state index contributed by atoms with van der Waals surface area (Å²) in [7, 11) is -3.24. The van der Waals surface area contributed by atoms with Gasteiger partial charge in [0, 0.05) is 31.2 Å². The number of hydrogen-bond donors (Lipinski definition) is 2. The van der Waals surface area contributed by atoms with Crippen LogP contribution in [0.25, 0.3) is 0 Å². The third-order valence-corrected chi connectivity index (χ3v) is 5.52. The van der Waals surface area contributed by atoms with E-state index in [-0.39, 0.29) is 18.2 Å². The Kier molecular flexibility index (Phi) is 5.48. The van der Waals surface area contributed by atoms with Crippen molar-refractivity contribution in [2.75, 3.05) is 35.3 Å². The van der Waals surface area contributed by atoms with Gasteiger partial charge in [0.05, 0.1) is 17.4 Å². The van der Waals surface area contributed by atoms with Crippen LogP contribution in [0.2, 0.25) is 0 Å². The molecule has 1 aliphatic rings. The Morgan fingerprint density at radius 1 is 1.33 bits per heavy atom. The number of amides is 1. The summed E-state index contributed by atoms with van der Waals surface area (Å²) in [5.74, 6) is 0.0527. The molecule has 0 saturated heterocycles. The largest absolute Gasteiger partial charge is 0.390 e. The Balaban J connectivity index is 1.64. The summed E-state index contributed by atoms with van der Waals surface area (Å²) in [4.78, 5) is 18.8. The Morgan fingerprint density at radius 2 is 2.11 bits per heavy atom. The van der Waals surface area contributed by atoms with Gasteiger partial charge >= 0.3 is 0 Å². The molecule has 0 aliphatic carbocycles. The first kappa shape index (κ1) is 19.3. The maximum absolute atomic E-state index is 12.8. The highest BCUT2D eigenvalue weighted by Gasteiger charge is 2.26. The van der Waals surface area contributed by atoms with Crippen molar-refractivity contribution in [3.05, 3.63) is 53.2 Å². The number of carbonyl (C=O) groups is 1. The Labute approximate surface area is 159 Å². The van der Waals surface area contributed by atoms with Crippen molar-refractivity contribution in [2.45, 2.75) is 19.4 Å². The number of carbonyl (C=O) groups excluding carboxylic acids is 1. The van der Waals surface area contributed by atoms with Gasteiger partial charge in [-0.1, -0.05) is 12.1 Å². The van der Waals surface area contributed by atoms with E-state index in [0.29, 0.717) is 17.9 Å². The molecule has 8 heteroatoms. The number of aromatic nitrogens is 1. The van der Waals surface area contributed by atoms with Crippen LogP contribution in [-0.4, -0.2) is 55.6 Å². The first-order valence-electron chi connectivity index (χ1n) is 8.70. The van der Waals surface area contributed by atoms with E-state index >= 15 is 0 Å². The molecule has 0 radical (unpaired) electrons. The summed E-state index contributed by atoms with van der Waals surface area (Å²) in [5.41, 5.74) is 3.82. The molecular weight excluding hydrogens is 366 g/mol. The number of nitrogens with one attached hydrogen (secondary N) is 1. The second-order valence-corrected chi connectivity index (χ2v) is 9.02. The molecular formula is C19H23N3O4S. The Hall–Kier alpha value is -2.45. The lowest BCUT2D eigenvalue weighted by molar-refractivity contribution is 0.0989. The number of nitrogens with zero attached hydrogens (tertiary/aromatic N) is 2. The van der Waals surface area contributed by atoms with Crippen molar-refractivity contribution < 1.29 is 18.3 Å². The van der Waals surface area contributed by atoms with Crippen molar-refractivity contribution in [3.63, 3.8) is 0 Å². The van der Waals surface area contributed by atoms with Gasteiger partial charge in [0.1, 0.15) is 15.7 Å². The quantitative estimate of drug-likeness (QED) is 0.775. The molecule has 3 rings (SSSR count). The number of benzene rings is 1. The summed E-state index contributed by atoms with van der Waals surface area (Å²) >= 11 is 0. The maximum atomic E-state index is 12.8. The second-order valence-electron chi connectivity index (χ2n) is 6.84. The van der Waals surface area contributed by atoms with Crippen LogP contribution in [0.3, 0.4) is 0 Å². The highest BCUT2D eigenvalue weighted by molar-refractivity contribution is 7.90. The fourth-order valence-corrected chi connectivity index (χ4v) is 4.05. The van der Waals surface area contributed by atoms with Crippen LogP contribution in [0.5, 0.6) is 0 Å². The molecule has 1 aliphatic heterocycles. The first-order chi connectivity index (χ1) is 12.7. The molecule has 2 aromatic rings. The van der Waals surface area contributed by atoms with Crippen LogP contribution in [-0.2, 0) is 16.3 Å². The number of rotatable bonds is 6. The summed E-state index contributed by atoms with van der Waals surface area (Å²) in [6.07, 6.45) is 2.39. The lowest BCUT2D eigenvalue weighted by Crippen LogP contribution is -2.29. The molecule has 0 fully saturated rings. The second kappa shape index (κ2) is 7.66. The standard InChI is InChI=1S/C19H23N3O4S/c1-13-4-3-5-17-16(13)8-9-22(17)19(24)14-6-7-18(20-10-14)21-11-15(23)12-27(2,25)26/h3-7,10,15,23H,8-9,11-12H2,1-2H3,(H,20,21). The Morgan fingerprint density at radius 3 is 2.78 bits per heavy atom. The molecule has 2 heterocycles. The molecule has 7 nitrogen and oxygen atoms in total. The number of aliphatic hydroxyl groups excluding tert-OH is 1.